The lowest BCUT2D eigenvalue weighted by Gasteiger charge is -2.03. The summed E-state index contributed by atoms with van der Waals surface area (Å²) in [6.07, 6.45) is 1.93. The van der Waals surface area contributed by atoms with Crippen molar-refractivity contribution in [2.24, 2.45) is 0 Å². The molecule has 0 radical (unpaired) electrons. The molecule has 0 atom stereocenters. The predicted molar refractivity (Wildman–Crippen MR) is 70.1 cm³/mol. The molecule has 0 spiro atoms. The summed E-state index contributed by atoms with van der Waals surface area (Å²) in [7, 11) is 0. The lowest BCUT2D eigenvalue weighted by Crippen LogP contribution is -2.19. The smallest absolute Gasteiger partial charge is 0.404 e. The van der Waals surface area contributed by atoms with Crippen LogP contribution >= 0.6 is 11.6 Å². The number of aromatic nitrogens is 2. The number of amides is 1. The topological polar surface area (TPSA) is 110 Å². The molecule has 2 aromatic rings. The van der Waals surface area contributed by atoms with Gasteiger partial charge in [-0.05, 0) is 6.07 Å². The molecule has 1 amide bonds. The SMILES string of the molecule is O=C(O)NCc1cnn(-c2ccc([N+](=O)[O-])cc2Cl)c1. The molecule has 20 heavy (non-hydrogen) atoms. The first-order chi connectivity index (χ1) is 9.47. The Bertz CT molecular complexity index is 670. The number of halogens is 1. The molecule has 0 unspecified atom stereocenters. The maximum Gasteiger partial charge on any atom is 0.404 e. The number of nitrogens with one attached hydrogen (secondary N) is 1. The molecule has 1 heterocycles. The van der Waals surface area contributed by atoms with E-state index in [-0.39, 0.29) is 17.3 Å². The number of nitro groups is 1. The normalized spacial score (nSPS) is 10.2. The first-order valence-electron chi connectivity index (χ1n) is 5.42. The molecular weight excluding hydrogens is 288 g/mol. The summed E-state index contributed by atoms with van der Waals surface area (Å²) < 4.78 is 1.42. The Hall–Kier alpha value is -2.61. The van der Waals surface area contributed by atoms with E-state index in [9.17, 15) is 14.9 Å². The van der Waals surface area contributed by atoms with E-state index in [1.54, 1.807) is 6.20 Å². The van der Waals surface area contributed by atoms with Crippen molar-refractivity contribution in [1.29, 1.82) is 0 Å². The summed E-state index contributed by atoms with van der Waals surface area (Å²) >= 11 is 5.97. The van der Waals surface area contributed by atoms with E-state index in [1.807, 2.05) is 0 Å². The summed E-state index contributed by atoms with van der Waals surface area (Å²) in [5.74, 6) is 0. The fraction of sp³-hybridized carbons (Fsp3) is 0.0909. The van der Waals surface area contributed by atoms with Gasteiger partial charge in [0.05, 0.1) is 21.8 Å². The van der Waals surface area contributed by atoms with E-state index in [0.717, 1.165) is 0 Å². The van der Waals surface area contributed by atoms with Crippen LogP contribution in [0.4, 0.5) is 10.5 Å². The molecule has 1 aromatic heterocycles. The summed E-state index contributed by atoms with van der Waals surface area (Å²) in [5.41, 5.74) is 0.999. The zero-order chi connectivity index (χ0) is 14.7. The molecule has 0 fully saturated rings. The van der Waals surface area contributed by atoms with Crippen LogP contribution in [0.3, 0.4) is 0 Å². The maximum absolute atomic E-state index is 10.6. The molecule has 0 saturated carbocycles. The fourth-order valence-electron chi connectivity index (χ4n) is 1.56. The molecule has 2 N–H and O–H groups in total. The Morgan fingerprint density at radius 2 is 2.30 bits per heavy atom. The molecule has 0 aliphatic heterocycles. The average Bonchev–Trinajstić information content (AvgIpc) is 2.84. The van der Waals surface area contributed by atoms with E-state index >= 15 is 0 Å². The van der Waals surface area contributed by atoms with Crippen molar-refractivity contribution in [3.05, 3.63) is 51.3 Å². The van der Waals surface area contributed by atoms with Gasteiger partial charge in [0.2, 0.25) is 0 Å². The van der Waals surface area contributed by atoms with Crippen LogP contribution in [-0.2, 0) is 6.54 Å². The van der Waals surface area contributed by atoms with Crippen LogP contribution in [0.15, 0.2) is 30.6 Å². The van der Waals surface area contributed by atoms with E-state index in [4.69, 9.17) is 16.7 Å². The van der Waals surface area contributed by atoms with Gasteiger partial charge >= 0.3 is 6.09 Å². The lowest BCUT2D eigenvalue weighted by molar-refractivity contribution is -0.384. The summed E-state index contributed by atoms with van der Waals surface area (Å²) in [6, 6.07) is 4.02. The van der Waals surface area contributed by atoms with Crippen molar-refractivity contribution in [2.75, 3.05) is 0 Å². The van der Waals surface area contributed by atoms with Crippen molar-refractivity contribution in [3.63, 3.8) is 0 Å². The van der Waals surface area contributed by atoms with E-state index in [2.05, 4.69) is 10.4 Å². The van der Waals surface area contributed by atoms with Crippen molar-refractivity contribution in [3.8, 4) is 5.69 Å². The molecule has 1 aromatic carbocycles. The second kappa shape index (κ2) is 5.57. The molecule has 0 aliphatic carbocycles. The number of carbonyl (C=O) groups is 1. The van der Waals surface area contributed by atoms with Gasteiger partial charge in [-0.25, -0.2) is 9.48 Å². The van der Waals surface area contributed by atoms with E-state index in [0.29, 0.717) is 11.3 Å². The van der Waals surface area contributed by atoms with Crippen LogP contribution in [-0.4, -0.2) is 25.9 Å². The van der Waals surface area contributed by atoms with Gasteiger partial charge in [-0.2, -0.15) is 5.10 Å². The van der Waals surface area contributed by atoms with Crippen LogP contribution in [0, 0.1) is 10.1 Å². The first-order valence-corrected chi connectivity index (χ1v) is 5.80. The van der Waals surface area contributed by atoms with Crippen molar-refractivity contribution >= 4 is 23.4 Å². The van der Waals surface area contributed by atoms with Crippen molar-refractivity contribution in [2.45, 2.75) is 6.54 Å². The zero-order valence-corrected chi connectivity index (χ0v) is 10.7. The third-order valence-corrected chi connectivity index (χ3v) is 2.77. The number of hydrogen-bond donors (Lipinski definition) is 2. The number of nitro benzene ring substituents is 1. The Morgan fingerprint density at radius 3 is 2.90 bits per heavy atom. The average molecular weight is 297 g/mol. The highest BCUT2D eigenvalue weighted by molar-refractivity contribution is 6.32. The molecule has 2 rings (SSSR count). The van der Waals surface area contributed by atoms with Gasteiger partial charge in [-0.1, -0.05) is 11.6 Å². The monoisotopic (exact) mass is 296 g/mol. The largest absolute Gasteiger partial charge is 0.465 e. The van der Waals surface area contributed by atoms with Crippen molar-refractivity contribution in [1.82, 2.24) is 15.1 Å². The van der Waals surface area contributed by atoms with Crippen molar-refractivity contribution < 1.29 is 14.8 Å². The number of hydrogen-bond acceptors (Lipinski definition) is 4. The number of rotatable bonds is 4. The Labute approximate surface area is 117 Å². The van der Waals surface area contributed by atoms with Crippen LogP contribution in [0.2, 0.25) is 5.02 Å². The minimum absolute atomic E-state index is 0.111. The highest BCUT2D eigenvalue weighted by Gasteiger charge is 2.11. The molecule has 0 saturated heterocycles. The summed E-state index contributed by atoms with van der Waals surface area (Å²) in [5, 5.41) is 25.5. The lowest BCUT2D eigenvalue weighted by atomic mass is 10.3. The highest BCUT2D eigenvalue weighted by atomic mass is 35.5. The Balaban J connectivity index is 2.23. The molecule has 0 bridgehead atoms. The van der Waals surface area contributed by atoms with Crippen LogP contribution in [0.5, 0.6) is 0 Å². The number of non-ortho nitro benzene ring substituents is 1. The highest BCUT2D eigenvalue weighted by Crippen LogP contribution is 2.25. The Morgan fingerprint density at radius 1 is 1.55 bits per heavy atom. The van der Waals surface area contributed by atoms with E-state index in [1.165, 1.54) is 29.1 Å². The third-order valence-electron chi connectivity index (χ3n) is 2.47. The second-order valence-electron chi connectivity index (χ2n) is 3.84. The summed E-state index contributed by atoms with van der Waals surface area (Å²) in [4.78, 5) is 20.5. The maximum atomic E-state index is 10.6. The molecular formula is C11H9ClN4O4. The van der Waals surface area contributed by atoms with Crippen LogP contribution in [0.1, 0.15) is 5.56 Å². The third kappa shape index (κ3) is 3.04. The van der Waals surface area contributed by atoms with Gasteiger partial charge in [0.15, 0.2) is 0 Å². The second-order valence-corrected chi connectivity index (χ2v) is 4.25. The van der Waals surface area contributed by atoms with Gasteiger partial charge in [-0.3, -0.25) is 10.1 Å². The minimum Gasteiger partial charge on any atom is -0.465 e. The van der Waals surface area contributed by atoms with Gasteiger partial charge in [0.1, 0.15) is 0 Å². The summed E-state index contributed by atoms with van der Waals surface area (Å²) in [6.45, 7) is 0.111. The quantitative estimate of drug-likeness (QED) is 0.664. The molecule has 0 aliphatic rings. The van der Waals surface area contributed by atoms with E-state index < -0.39 is 11.0 Å². The van der Waals surface area contributed by atoms with Crippen LogP contribution < -0.4 is 5.32 Å². The van der Waals surface area contributed by atoms with Gasteiger partial charge in [0.25, 0.3) is 5.69 Å². The Kier molecular flexibility index (Phi) is 3.85. The fourth-order valence-corrected chi connectivity index (χ4v) is 1.82. The minimum atomic E-state index is -1.13. The first kappa shape index (κ1) is 13.8. The predicted octanol–water partition coefficient (Wildman–Crippen LogP) is 2.20. The molecule has 104 valence electrons. The number of carboxylic acid groups (broad SMARTS) is 1. The number of nitrogens with zero attached hydrogens (tertiary/aromatic N) is 3. The van der Waals surface area contributed by atoms with Gasteiger partial charge in [0, 0.05) is 30.4 Å². The molecule has 9 heteroatoms. The standard InChI is InChI=1S/C11H9ClN4O4/c12-9-3-8(16(19)20)1-2-10(9)15-6-7(5-14-15)4-13-11(17)18/h1-3,5-6,13H,4H2,(H,17,18). The molecule has 8 nitrogen and oxygen atoms in total. The zero-order valence-electron chi connectivity index (χ0n) is 9.99. The van der Waals surface area contributed by atoms with Gasteiger partial charge < -0.3 is 10.4 Å². The number of benzene rings is 1. The van der Waals surface area contributed by atoms with Gasteiger partial charge in [-0.15, -0.1) is 0 Å². The van der Waals surface area contributed by atoms with Crippen LogP contribution in [0.25, 0.3) is 5.69 Å².